The van der Waals surface area contributed by atoms with Crippen molar-refractivity contribution in [3.8, 4) is 23.6 Å². The third kappa shape index (κ3) is 7.92. The van der Waals surface area contributed by atoms with Crippen molar-refractivity contribution in [1.29, 1.82) is 10.5 Å². The molecule has 0 aliphatic carbocycles. The Kier molecular flexibility index (Phi) is 9.36. The lowest BCUT2D eigenvalue weighted by Crippen LogP contribution is -2.46. The van der Waals surface area contributed by atoms with Crippen molar-refractivity contribution in [2.45, 2.75) is 0 Å². The van der Waals surface area contributed by atoms with E-state index in [4.69, 9.17) is 20.0 Å². The van der Waals surface area contributed by atoms with E-state index >= 15 is 0 Å². The Hall–Kier alpha value is -3.58. The molecule has 1 heterocycles. The molecule has 0 unspecified atom stereocenters. The molecule has 1 fully saturated rings. The average molecular weight is 429 g/mol. The molecule has 0 aromatic heterocycles. The van der Waals surface area contributed by atoms with Crippen LogP contribution in [0.4, 0.5) is 0 Å². The van der Waals surface area contributed by atoms with Crippen molar-refractivity contribution in [2.75, 3.05) is 52.5 Å². The van der Waals surface area contributed by atoms with Crippen LogP contribution in [0.25, 0.3) is 0 Å². The second kappa shape index (κ2) is 13.0. The molecule has 0 N–H and O–H groups in total. The lowest BCUT2D eigenvalue weighted by atomic mass is 10.2. The summed E-state index contributed by atoms with van der Waals surface area (Å²) in [5.74, 6) is 1.55. The van der Waals surface area contributed by atoms with E-state index in [1.54, 1.807) is 24.3 Å². The largest absolute Gasteiger partial charge is 0.490 e. The first-order chi connectivity index (χ1) is 15.8. The topological polar surface area (TPSA) is 72.5 Å². The first-order valence-corrected chi connectivity index (χ1v) is 10.8. The molecule has 0 spiro atoms. The van der Waals surface area contributed by atoms with Crippen LogP contribution in [-0.2, 0) is 0 Å². The molecule has 164 valence electrons. The number of nitrogens with zero attached hydrogens (tertiary/aromatic N) is 4. The van der Waals surface area contributed by atoms with Gasteiger partial charge in [0.25, 0.3) is 0 Å². The Morgan fingerprint density at radius 1 is 0.625 bits per heavy atom. The third-order valence-corrected chi connectivity index (χ3v) is 5.18. The van der Waals surface area contributed by atoms with Gasteiger partial charge in [0.2, 0.25) is 0 Å². The normalized spacial score (nSPS) is 14.9. The molecular weight excluding hydrogens is 400 g/mol. The number of hydrogen-bond donors (Lipinski definition) is 0. The Morgan fingerprint density at radius 2 is 1.00 bits per heavy atom. The van der Waals surface area contributed by atoms with Gasteiger partial charge in [0.1, 0.15) is 24.7 Å². The zero-order valence-corrected chi connectivity index (χ0v) is 18.2. The van der Waals surface area contributed by atoms with E-state index in [0.717, 1.165) is 50.8 Å². The quantitative estimate of drug-likeness (QED) is 0.538. The fourth-order valence-electron chi connectivity index (χ4n) is 3.28. The zero-order valence-electron chi connectivity index (χ0n) is 18.2. The van der Waals surface area contributed by atoms with Crippen LogP contribution in [0.1, 0.15) is 11.1 Å². The fourth-order valence-corrected chi connectivity index (χ4v) is 3.28. The summed E-state index contributed by atoms with van der Waals surface area (Å²) in [7, 11) is 0. The first-order valence-electron chi connectivity index (χ1n) is 10.8. The van der Waals surface area contributed by atoms with Crippen LogP contribution in [0.15, 0.2) is 72.8 Å². The third-order valence-electron chi connectivity index (χ3n) is 5.18. The van der Waals surface area contributed by atoms with Gasteiger partial charge in [0.15, 0.2) is 0 Å². The molecule has 0 amide bonds. The Labute approximate surface area is 190 Å². The van der Waals surface area contributed by atoms with Gasteiger partial charge >= 0.3 is 0 Å². The van der Waals surface area contributed by atoms with Crippen LogP contribution in [0.2, 0.25) is 0 Å². The standard InChI is InChI=1S/C26H28N4O2/c27-21-23-5-9-25(10-6-23)31-19-3-1-13-29-15-17-30(18-16-29)14-2-4-20-32-26-11-7-24(22-28)8-12-26/h1-12H,13-20H2/b3-1+,4-2+. The van der Waals surface area contributed by atoms with Gasteiger partial charge < -0.3 is 9.47 Å². The molecule has 1 aliphatic heterocycles. The van der Waals surface area contributed by atoms with Crippen molar-refractivity contribution in [3.63, 3.8) is 0 Å². The van der Waals surface area contributed by atoms with Gasteiger partial charge in [-0.1, -0.05) is 24.3 Å². The van der Waals surface area contributed by atoms with E-state index in [-0.39, 0.29) is 0 Å². The molecule has 1 aliphatic rings. The Morgan fingerprint density at radius 3 is 1.34 bits per heavy atom. The molecule has 2 aromatic carbocycles. The summed E-state index contributed by atoms with van der Waals surface area (Å²) in [4.78, 5) is 4.87. The smallest absolute Gasteiger partial charge is 0.119 e. The van der Waals surface area contributed by atoms with Gasteiger partial charge in [0.05, 0.1) is 23.3 Å². The molecule has 32 heavy (non-hydrogen) atoms. The van der Waals surface area contributed by atoms with Crippen LogP contribution in [0, 0.1) is 22.7 Å². The molecule has 6 nitrogen and oxygen atoms in total. The summed E-state index contributed by atoms with van der Waals surface area (Å²) >= 11 is 0. The van der Waals surface area contributed by atoms with E-state index in [2.05, 4.69) is 34.1 Å². The Bertz CT molecular complexity index is 879. The maximum atomic E-state index is 8.81. The number of nitriles is 2. The van der Waals surface area contributed by atoms with Crippen molar-refractivity contribution in [3.05, 3.63) is 84.0 Å². The summed E-state index contributed by atoms with van der Waals surface area (Å²) in [6.07, 6.45) is 8.39. The number of ether oxygens (including phenoxy) is 2. The molecule has 1 saturated heterocycles. The highest BCUT2D eigenvalue weighted by atomic mass is 16.5. The average Bonchev–Trinajstić information content (AvgIpc) is 2.85. The highest BCUT2D eigenvalue weighted by molar-refractivity contribution is 5.35. The summed E-state index contributed by atoms with van der Waals surface area (Å²) in [6.45, 7) is 7.12. The number of rotatable bonds is 10. The van der Waals surface area contributed by atoms with Crippen LogP contribution >= 0.6 is 0 Å². The highest BCUT2D eigenvalue weighted by Gasteiger charge is 2.14. The molecule has 3 rings (SSSR count). The van der Waals surface area contributed by atoms with E-state index in [0.29, 0.717) is 24.3 Å². The summed E-state index contributed by atoms with van der Waals surface area (Å²) in [5, 5.41) is 17.6. The van der Waals surface area contributed by atoms with Gasteiger partial charge in [-0.25, -0.2) is 0 Å². The fraction of sp³-hybridized carbons (Fsp3) is 0.308. The minimum Gasteiger partial charge on any atom is -0.490 e. The highest BCUT2D eigenvalue weighted by Crippen LogP contribution is 2.12. The van der Waals surface area contributed by atoms with Crippen molar-refractivity contribution < 1.29 is 9.47 Å². The van der Waals surface area contributed by atoms with Gasteiger partial charge in [-0.3, -0.25) is 9.80 Å². The number of piperazine rings is 1. The van der Waals surface area contributed by atoms with Crippen LogP contribution in [0.5, 0.6) is 11.5 Å². The van der Waals surface area contributed by atoms with Gasteiger partial charge in [-0.05, 0) is 48.5 Å². The van der Waals surface area contributed by atoms with Crippen LogP contribution < -0.4 is 9.47 Å². The zero-order chi connectivity index (χ0) is 22.4. The van der Waals surface area contributed by atoms with Crippen molar-refractivity contribution >= 4 is 0 Å². The lowest BCUT2D eigenvalue weighted by Gasteiger charge is -2.33. The van der Waals surface area contributed by atoms with Gasteiger partial charge in [0, 0.05) is 39.3 Å². The summed E-state index contributed by atoms with van der Waals surface area (Å²) in [6, 6.07) is 18.5. The predicted octanol–water partition coefficient (Wildman–Crippen LogP) is 3.62. The maximum Gasteiger partial charge on any atom is 0.119 e. The van der Waals surface area contributed by atoms with Gasteiger partial charge in [-0.2, -0.15) is 10.5 Å². The minimum absolute atomic E-state index is 0.529. The predicted molar refractivity (Wildman–Crippen MR) is 124 cm³/mol. The van der Waals surface area contributed by atoms with Crippen LogP contribution in [0.3, 0.4) is 0 Å². The van der Waals surface area contributed by atoms with Gasteiger partial charge in [-0.15, -0.1) is 0 Å². The minimum atomic E-state index is 0.529. The molecule has 0 bridgehead atoms. The second-order valence-corrected chi connectivity index (χ2v) is 7.44. The van der Waals surface area contributed by atoms with E-state index < -0.39 is 0 Å². The molecule has 0 saturated carbocycles. The lowest BCUT2D eigenvalue weighted by molar-refractivity contribution is 0.153. The summed E-state index contributed by atoms with van der Waals surface area (Å²) < 4.78 is 11.3. The second-order valence-electron chi connectivity index (χ2n) is 7.44. The number of benzene rings is 2. The maximum absolute atomic E-state index is 8.81. The van der Waals surface area contributed by atoms with E-state index in [1.165, 1.54) is 0 Å². The monoisotopic (exact) mass is 428 g/mol. The molecule has 0 radical (unpaired) electrons. The molecule has 2 aromatic rings. The first kappa shape index (κ1) is 23.1. The molecule has 0 atom stereocenters. The Balaban J connectivity index is 1.24. The van der Waals surface area contributed by atoms with E-state index in [1.807, 2.05) is 36.4 Å². The number of hydrogen-bond acceptors (Lipinski definition) is 6. The summed E-state index contributed by atoms with van der Waals surface area (Å²) in [5.41, 5.74) is 1.28. The SMILES string of the molecule is N#Cc1ccc(OC/C=C/CN2CCN(C/C=C/COc3ccc(C#N)cc3)CC2)cc1. The van der Waals surface area contributed by atoms with Crippen molar-refractivity contribution in [2.24, 2.45) is 0 Å². The van der Waals surface area contributed by atoms with Crippen molar-refractivity contribution in [1.82, 2.24) is 9.80 Å². The van der Waals surface area contributed by atoms with Crippen LogP contribution in [-0.4, -0.2) is 62.3 Å². The molecular formula is C26H28N4O2. The van der Waals surface area contributed by atoms with E-state index in [9.17, 15) is 0 Å². The molecule has 6 heteroatoms.